The maximum Gasteiger partial charge on any atom is 0.263 e. The average molecular weight is 397 g/mol. The van der Waals surface area contributed by atoms with Crippen LogP contribution in [0.2, 0.25) is 0 Å². The molecule has 2 heterocycles. The third kappa shape index (κ3) is 3.83. The Morgan fingerprint density at radius 1 is 1.11 bits per heavy atom. The van der Waals surface area contributed by atoms with Crippen molar-refractivity contribution in [2.24, 2.45) is 0 Å². The maximum atomic E-state index is 12.8. The number of carbonyl (C=O) groups is 1. The summed E-state index contributed by atoms with van der Waals surface area (Å²) in [7, 11) is 1.60. The number of methoxy groups -OCH3 is 1. The lowest BCUT2D eigenvalue weighted by Gasteiger charge is -2.32. The molecule has 1 atom stereocenters. The van der Waals surface area contributed by atoms with Crippen LogP contribution in [0.5, 0.6) is 11.5 Å². The van der Waals surface area contributed by atoms with Gasteiger partial charge in [0.1, 0.15) is 0 Å². The number of fused-ring (bicyclic) bond motifs is 1. The molecule has 0 spiro atoms. The molecule has 28 heavy (non-hydrogen) atoms. The number of hydrogen-bond donors (Lipinski definition) is 0. The van der Waals surface area contributed by atoms with Crippen LogP contribution in [0.3, 0.4) is 0 Å². The van der Waals surface area contributed by atoms with Crippen LogP contribution < -0.4 is 9.47 Å². The van der Waals surface area contributed by atoms with Crippen LogP contribution in [-0.2, 0) is 4.79 Å². The van der Waals surface area contributed by atoms with Gasteiger partial charge in [-0.25, -0.2) is 4.98 Å². The number of ether oxygens (including phenoxy) is 2. The molecule has 3 aromatic rings. The SMILES string of the molecule is COc1ccccc1O[C@H](C)C(=O)N1CCC(c2nc3ccccc3s2)CC1. The molecule has 0 saturated carbocycles. The van der Waals surface area contributed by atoms with Gasteiger partial charge >= 0.3 is 0 Å². The molecular weight excluding hydrogens is 372 g/mol. The number of carbonyl (C=O) groups excluding carboxylic acids is 1. The van der Waals surface area contributed by atoms with Gasteiger partial charge in [0.25, 0.3) is 5.91 Å². The Morgan fingerprint density at radius 2 is 1.79 bits per heavy atom. The van der Waals surface area contributed by atoms with Crippen molar-refractivity contribution in [2.75, 3.05) is 20.2 Å². The second kappa shape index (κ2) is 8.19. The summed E-state index contributed by atoms with van der Waals surface area (Å²) in [5.41, 5.74) is 1.07. The lowest BCUT2D eigenvalue weighted by Crippen LogP contribution is -2.44. The van der Waals surface area contributed by atoms with E-state index in [-0.39, 0.29) is 5.91 Å². The van der Waals surface area contributed by atoms with Crippen molar-refractivity contribution in [1.29, 1.82) is 0 Å². The van der Waals surface area contributed by atoms with Gasteiger partial charge in [0.2, 0.25) is 0 Å². The summed E-state index contributed by atoms with van der Waals surface area (Å²) in [6.45, 7) is 3.27. The first kappa shape index (κ1) is 18.7. The molecule has 4 rings (SSSR count). The molecule has 1 aromatic heterocycles. The zero-order chi connectivity index (χ0) is 19.5. The summed E-state index contributed by atoms with van der Waals surface area (Å²) in [4.78, 5) is 19.5. The Bertz CT molecular complexity index is 930. The fraction of sp³-hybridized carbons (Fsp3) is 0.364. The molecule has 0 N–H and O–H groups in total. The summed E-state index contributed by atoms with van der Waals surface area (Å²) < 4.78 is 12.4. The first-order chi connectivity index (χ1) is 13.7. The van der Waals surface area contributed by atoms with Crippen molar-refractivity contribution >= 4 is 27.5 Å². The summed E-state index contributed by atoms with van der Waals surface area (Å²) in [5, 5.41) is 1.19. The van der Waals surface area contributed by atoms with Crippen molar-refractivity contribution in [3.8, 4) is 11.5 Å². The number of rotatable bonds is 5. The van der Waals surface area contributed by atoms with Gasteiger partial charge in [0.05, 0.1) is 22.3 Å². The standard InChI is InChI=1S/C22H24N2O3S/c1-15(27-19-9-5-4-8-18(19)26-2)22(25)24-13-11-16(12-14-24)21-23-17-7-3-6-10-20(17)28-21/h3-10,15-16H,11-14H2,1-2H3/t15-/m1/s1. The van der Waals surface area contributed by atoms with Crippen LogP contribution in [0.4, 0.5) is 0 Å². The Hall–Kier alpha value is -2.60. The highest BCUT2D eigenvalue weighted by atomic mass is 32.1. The molecule has 1 amide bonds. The van der Waals surface area contributed by atoms with Gasteiger partial charge in [-0.15, -0.1) is 11.3 Å². The number of piperidine rings is 1. The number of benzene rings is 2. The van der Waals surface area contributed by atoms with Crippen LogP contribution >= 0.6 is 11.3 Å². The van der Waals surface area contributed by atoms with Gasteiger partial charge in [-0.1, -0.05) is 24.3 Å². The first-order valence-corrected chi connectivity index (χ1v) is 10.4. The number of amides is 1. The molecule has 1 saturated heterocycles. The largest absolute Gasteiger partial charge is 0.493 e. The van der Waals surface area contributed by atoms with E-state index in [1.165, 1.54) is 9.71 Å². The molecule has 0 aliphatic carbocycles. The zero-order valence-corrected chi connectivity index (χ0v) is 16.9. The van der Waals surface area contributed by atoms with Crippen molar-refractivity contribution in [2.45, 2.75) is 31.8 Å². The molecule has 6 heteroatoms. The number of nitrogens with zero attached hydrogens (tertiary/aromatic N) is 2. The van der Waals surface area contributed by atoms with E-state index in [1.54, 1.807) is 25.4 Å². The minimum absolute atomic E-state index is 0.0219. The Labute approximate surface area is 168 Å². The highest BCUT2D eigenvalue weighted by Crippen LogP contribution is 2.34. The highest BCUT2D eigenvalue weighted by molar-refractivity contribution is 7.18. The second-order valence-corrected chi connectivity index (χ2v) is 8.09. The first-order valence-electron chi connectivity index (χ1n) is 9.59. The molecule has 5 nitrogen and oxygen atoms in total. The maximum absolute atomic E-state index is 12.8. The van der Waals surface area contributed by atoms with Crippen molar-refractivity contribution in [3.63, 3.8) is 0 Å². The predicted octanol–water partition coefficient (Wildman–Crippen LogP) is 4.48. The molecule has 1 aliphatic heterocycles. The van der Waals surface area contributed by atoms with E-state index >= 15 is 0 Å². The lowest BCUT2D eigenvalue weighted by atomic mass is 9.97. The van der Waals surface area contributed by atoms with E-state index < -0.39 is 6.10 Å². The van der Waals surface area contributed by atoms with E-state index in [2.05, 4.69) is 18.2 Å². The van der Waals surface area contributed by atoms with Crippen LogP contribution in [0.25, 0.3) is 10.2 Å². The van der Waals surface area contributed by atoms with Gasteiger partial charge in [0, 0.05) is 19.0 Å². The fourth-order valence-electron chi connectivity index (χ4n) is 3.63. The summed E-state index contributed by atoms with van der Waals surface area (Å²) in [6, 6.07) is 15.7. The third-order valence-corrected chi connectivity index (χ3v) is 6.39. The number of aromatic nitrogens is 1. The molecule has 1 aliphatic rings. The zero-order valence-electron chi connectivity index (χ0n) is 16.1. The molecule has 0 radical (unpaired) electrons. The second-order valence-electron chi connectivity index (χ2n) is 7.03. The molecule has 0 bridgehead atoms. The average Bonchev–Trinajstić information content (AvgIpc) is 3.18. The van der Waals surface area contributed by atoms with E-state index in [1.807, 2.05) is 35.2 Å². The van der Waals surface area contributed by atoms with Crippen LogP contribution in [-0.4, -0.2) is 42.1 Å². The van der Waals surface area contributed by atoms with Crippen molar-refractivity contribution in [1.82, 2.24) is 9.88 Å². The normalized spacial score (nSPS) is 16.1. The number of thiazole rings is 1. The number of likely N-dealkylation sites (tertiary alicyclic amines) is 1. The van der Waals surface area contributed by atoms with E-state index in [0.29, 0.717) is 17.4 Å². The molecular formula is C22H24N2O3S. The Kier molecular flexibility index (Phi) is 5.48. The Balaban J connectivity index is 1.36. The van der Waals surface area contributed by atoms with Crippen molar-refractivity contribution < 1.29 is 14.3 Å². The quantitative estimate of drug-likeness (QED) is 0.638. The predicted molar refractivity (Wildman–Crippen MR) is 111 cm³/mol. The minimum Gasteiger partial charge on any atom is -0.493 e. The lowest BCUT2D eigenvalue weighted by molar-refractivity contribution is -0.139. The molecule has 0 unspecified atom stereocenters. The monoisotopic (exact) mass is 396 g/mol. The van der Waals surface area contributed by atoms with Gasteiger partial charge in [0.15, 0.2) is 17.6 Å². The number of hydrogen-bond acceptors (Lipinski definition) is 5. The summed E-state index contributed by atoms with van der Waals surface area (Å²) in [6.07, 6.45) is 1.33. The van der Waals surface area contributed by atoms with Gasteiger partial charge in [-0.2, -0.15) is 0 Å². The smallest absolute Gasteiger partial charge is 0.263 e. The molecule has 146 valence electrons. The third-order valence-electron chi connectivity index (χ3n) is 5.19. The Morgan fingerprint density at radius 3 is 2.50 bits per heavy atom. The molecule has 2 aromatic carbocycles. The fourth-order valence-corrected chi connectivity index (χ4v) is 4.76. The topological polar surface area (TPSA) is 51.7 Å². The van der Waals surface area contributed by atoms with Gasteiger partial charge < -0.3 is 14.4 Å². The van der Waals surface area contributed by atoms with Crippen LogP contribution in [0.1, 0.15) is 30.7 Å². The minimum atomic E-state index is -0.546. The van der Waals surface area contributed by atoms with Crippen LogP contribution in [0.15, 0.2) is 48.5 Å². The van der Waals surface area contributed by atoms with Gasteiger partial charge in [-0.3, -0.25) is 4.79 Å². The van der Waals surface area contributed by atoms with Crippen LogP contribution in [0, 0.1) is 0 Å². The summed E-state index contributed by atoms with van der Waals surface area (Å²) >= 11 is 1.77. The van der Waals surface area contributed by atoms with E-state index in [4.69, 9.17) is 14.5 Å². The number of para-hydroxylation sites is 3. The van der Waals surface area contributed by atoms with Gasteiger partial charge in [-0.05, 0) is 44.0 Å². The van der Waals surface area contributed by atoms with E-state index in [9.17, 15) is 4.79 Å². The highest BCUT2D eigenvalue weighted by Gasteiger charge is 2.29. The molecule has 1 fully saturated rings. The van der Waals surface area contributed by atoms with E-state index in [0.717, 1.165) is 31.4 Å². The van der Waals surface area contributed by atoms with Crippen molar-refractivity contribution in [3.05, 3.63) is 53.5 Å². The summed E-state index contributed by atoms with van der Waals surface area (Å²) in [5.74, 6) is 1.67.